The Bertz CT molecular complexity index is 866. The molecule has 0 radical (unpaired) electrons. The summed E-state index contributed by atoms with van der Waals surface area (Å²) >= 11 is 0. The second-order valence-electron chi connectivity index (χ2n) is 7.07. The zero-order valence-electron chi connectivity index (χ0n) is 16.4. The van der Waals surface area contributed by atoms with Crippen LogP contribution < -0.4 is 5.73 Å². The predicted molar refractivity (Wildman–Crippen MR) is 115 cm³/mol. The molecule has 1 aliphatic heterocycles. The molecule has 3 N–H and O–H groups in total. The molecule has 0 bridgehead atoms. The van der Waals surface area contributed by atoms with Crippen molar-refractivity contribution in [2.24, 2.45) is 11.7 Å². The number of nitrogens with one attached hydrogen (secondary N) is 1. The second kappa shape index (κ2) is 10.1. The molecule has 1 unspecified atom stereocenters. The standard InChI is InChI=1S/C22H25N3O3.ClH/c1-28-22(27)19-3-2-12-25(14-19)20(26)13-15-4-6-16(7-5-15)17-8-10-18(11-9-17)21(23)24;/h4-11,19H,2-3,12-14H2,1H3,(H3,23,24);1H. The van der Waals surface area contributed by atoms with Gasteiger partial charge in [0.2, 0.25) is 5.91 Å². The van der Waals surface area contributed by atoms with Crippen LogP contribution in [0.3, 0.4) is 0 Å². The Kier molecular flexibility index (Phi) is 7.79. The third kappa shape index (κ3) is 5.57. The Labute approximate surface area is 177 Å². The van der Waals surface area contributed by atoms with Crippen molar-refractivity contribution in [3.05, 3.63) is 59.7 Å². The number of likely N-dealkylation sites (tertiary alicyclic amines) is 1. The van der Waals surface area contributed by atoms with E-state index in [1.54, 1.807) is 4.90 Å². The van der Waals surface area contributed by atoms with Crippen LogP contribution in [0.4, 0.5) is 0 Å². The molecular formula is C22H26ClN3O3. The Morgan fingerprint density at radius 1 is 1.10 bits per heavy atom. The van der Waals surface area contributed by atoms with Crippen molar-refractivity contribution in [2.45, 2.75) is 19.3 Å². The molecule has 154 valence electrons. The van der Waals surface area contributed by atoms with E-state index in [2.05, 4.69) is 0 Å². The number of ether oxygens (including phenoxy) is 1. The number of hydrogen-bond donors (Lipinski definition) is 2. The smallest absolute Gasteiger partial charge is 0.310 e. The normalized spacial score (nSPS) is 15.9. The second-order valence-corrected chi connectivity index (χ2v) is 7.07. The maximum absolute atomic E-state index is 12.6. The topological polar surface area (TPSA) is 96.5 Å². The Hall–Kier alpha value is -2.86. The van der Waals surface area contributed by atoms with Gasteiger partial charge in [-0.05, 0) is 29.5 Å². The lowest BCUT2D eigenvalue weighted by Crippen LogP contribution is -2.43. The van der Waals surface area contributed by atoms with Crippen LogP contribution in [0.2, 0.25) is 0 Å². The summed E-state index contributed by atoms with van der Waals surface area (Å²) in [5.41, 5.74) is 9.18. The number of carbonyl (C=O) groups excluding carboxylic acids is 2. The molecule has 7 heteroatoms. The zero-order valence-corrected chi connectivity index (χ0v) is 17.2. The van der Waals surface area contributed by atoms with Crippen LogP contribution in [-0.4, -0.2) is 42.8 Å². The molecular weight excluding hydrogens is 390 g/mol. The highest BCUT2D eigenvalue weighted by Crippen LogP contribution is 2.22. The molecule has 1 fully saturated rings. The highest BCUT2D eigenvalue weighted by molar-refractivity contribution is 5.95. The zero-order chi connectivity index (χ0) is 20.1. The minimum atomic E-state index is -0.238. The number of rotatable bonds is 5. The first-order valence-electron chi connectivity index (χ1n) is 9.37. The van der Waals surface area contributed by atoms with E-state index in [4.69, 9.17) is 15.9 Å². The van der Waals surface area contributed by atoms with E-state index in [0.717, 1.165) is 29.5 Å². The van der Waals surface area contributed by atoms with Gasteiger partial charge in [0.05, 0.1) is 19.4 Å². The van der Waals surface area contributed by atoms with Crippen molar-refractivity contribution in [2.75, 3.05) is 20.2 Å². The van der Waals surface area contributed by atoms with E-state index in [-0.39, 0.29) is 36.0 Å². The molecule has 2 aromatic carbocycles. The number of amidine groups is 1. The number of methoxy groups -OCH3 is 1. The molecule has 3 rings (SSSR count). The minimum absolute atomic E-state index is 0. The molecule has 0 spiro atoms. The van der Waals surface area contributed by atoms with Crippen molar-refractivity contribution in [1.29, 1.82) is 5.41 Å². The fraction of sp³-hybridized carbons (Fsp3) is 0.318. The van der Waals surface area contributed by atoms with Gasteiger partial charge in [-0.2, -0.15) is 0 Å². The van der Waals surface area contributed by atoms with E-state index < -0.39 is 0 Å². The highest BCUT2D eigenvalue weighted by Gasteiger charge is 2.28. The minimum Gasteiger partial charge on any atom is -0.469 e. The lowest BCUT2D eigenvalue weighted by atomic mass is 9.97. The van der Waals surface area contributed by atoms with Gasteiger partial charge in [-0.3, -0.25) is 15.0 Å². The molecule has 2 aromatic rings. The lowest BCUT2D eigenvalue weighted by Gasteiger charge is -2.31. The van der Waals surface area contributed by atoms with Gasteiger partial charge in [0.25, 0.3) is 0 Å². The number of nitrogens with zero attached hydrogens (tertiary/aromatic N) is 1. The van der Waals surface area contributed by atoms with Crippen LogP contribution in [0.15, 0.2) is 48.5 Å². The monoisotopic (exact) mass is 415 g/mol. The van der Waals surface area contributed by atoms with Crippen LogP contribution in [0.1, 0.15) is 24.0 Å². The average molecular weight is 416 g/mol. The van der Waals surface area contributed by atoms with Crippen LogP contribution >= 0.6 is 12.4 Å². The first-order valence-corrected chi connectivity index (χ1v) is 9.37. The summed E-state index contributed by atoms with van der Waals surface area (Å²) < 4.78 is 4.82. The predicted octanol–water partition coefficient (Wildman–Crippen LogP) is 3.01. The summed E-state index contributed by atoms with van der Waals surface area (Å²) in [6.07, 6.45) is 1.91. The third-order valence-corrected chi connectivity index (χ3v) is 5.15. The fourth-order valence-electron chi connectivity index (χ4n) is 3.51. The number of nitrogens with two attached hydrogens (primary N) is 1. The molecule has 29 heavy (non-hydrogen) atoms. The summed E-state index contributed by atoms with van der Waals surface area (Å²) in [5.74, 6) is -0.375. The number of carbonyl (C=O) groups is 2. The highest BCUT2D eigenvalue weighted by atomic mass is 35.5. The van der Waals surface area contributed by atoms with Crippen molar-refractivity contribution in [3.8, 4) is 11.1 Å². The van der Waals surface area contributed by atoms with Gasteiger partial charge < -0.3 is 15.4 Å². The first-order chi connectivity index (χ1) is 13.5. The van der Waals surface area contributed by atoms with Crippen LogP contribution in [0.5, 0.6) is 0 Å². The fourth-order valence-corrected chi connectivity index (χ4v) is 3.51. The van der Waals surface area contributed by atoms with Crippen LogP contribution in [-0.2, 0) is 20.7 Å². The maximum atomic E-state index is 12.6. The summed E-state index contributed by atoms with van der Waals surface area (Å²) in [4.78, 5) is 26.1. The van der Waals surface area contributed by atoms with E-state index in [9.17, 15) is 9.59 Å². The number of hydrogen-bond acceptors (Lipinski definition) is 4. The third-order valence-electron chi connectivity index (χ3n) is 5.15. The Morgan fingerprint density at radius 3 is 2.24 bits per heavy atom. The molecule has 1 saturated heterocycles. The van der Waals surface area contributed by atoms with Crippen molar-refractivity contribution in [1.82, 2.24) is 4.90 Å². The van der Waals surface area contributed by atoms with Gasteiger partial charge in [-0.15, -0.1) is 12.4 Å². The largest absolute Gasteiger partial charge is 0.469 e. The van der Waals surface area contributed by atoms with Gasteiger partial charge in [0.1, 0.15) is 5.84 Å². The molecule has 0 aromatic heterocycles. The molecule has 1 heterocycles. The van der Waals surface area contributed by atoms with E-state index in [1.807, 2.05) is 48.5 Å². The van der Waals surface area contributed by atoms with Gasteiger partial charge in [0.15, 0.2) is 0 Å². The van der Waals surface area contributed by atoms with Crippen LogP contribution in [0, 0.1) is 11.3 Å². The molecule has 0 aliphatic carbocycles. The summed E-state index contributed by atoms with van der Waals surface area (Å²) in [6.45, 7) is 1.12. The molecule has 1 amide bonds. The number of halogens is 1. The summed E-state index contributed by atoms with van der Waals surface area (Å²) in [7, 11) is 1.39. The van der Waals surface area contributed by atoms with E-state index >= 15 is 0 Å². The van der Waals surface area contributed by atoms with Crippen molar-refractivity contribution < 1.29 is 14.3 Å². The number of amides is 1. The van der Waals surface area contributed by atoms with Gasteiger partial charge >= 0.3 is 5.97 Å². The Balaban J connectivity index is 0.00000300. The van der Waals surface area contributed by atoms with Crippen molar-refractivity contribution in [3.63, 3.8) is 0 Å². The SMILES string of the molecule is COC(=O)C1CCCN(C(=O)Cc2ccc(-c3ccc(C(=N)N)cc3)cc2)C1.Cl. The summed E-state index contributed by atoms with van der Waals surface area (Å²) in [5, 5.41) is 7.45. The first kappa shape index (κ1) is 22.4. The van der Waals surface area contributed by atoms with Gasteiger partial charge in [-0.1, -0.05) is 48.5 Å². The Morgan fingerprint density at radius 2 is 1.69 bits per heavy atom. The average Bonchev–Trinajstić information content (AvgIpc) is 2.74. The van der Waals surface area contributed by atoms with Crippen LogP contribution in [0.25, 0.3) is 11.1 Å². The molecule has 6 nitrogen and oxygen atoms in total. The molecule has 1 aliphatic rings. The van der Waals surface area contributed by atoms with E-state index in [0.29, 0.717) is 25.1 Å². The summed E-state index contributed by atoms with van der Waals surface area (Å²) in [6, 6.07) is 15.4. The number of esters is 1. The van der Waals surface area contributed by atoms with E-state index in [1.165, 1.54) is 7.11 Å². The lowest BCUT2D eigenvalue weighted by molar-refractivity contribution is -0.148. The van der Waals surface area contributed by atoms with Gasteiger partial charge in [-0.25, -0.2) is 0 Å². The van der Waals surface area contributed by atoms with Gasteiger partial charge in [0, 0.05) is 18.7 Å². The maximum Gasteiger partial charge on any atom is 0.310 e. The quantitative estimate of drug-likeness (QED) is 0.445. The number of benzene rings is 2. The van der Waals surface area contributed by atoms with Crippen molar-refractivity contribution >= 4 is 30.1 Å². The number of piperidine rings is 1. The molecule has 1 atom stereocenters. The number of nitrogen functional groups attached to an aromatic ring is 1. The molecule has 0 saturated carbocycles.